The number of para-hydroxylation sites is 1. The molecule has 0 aliphatic rings. The molecule has 4 heteroatoms. The van der Waals surface area contributed by atoms with E-state index in [1.165, 1.54) is 6.07 Å². The van der Waals surface area contributed by atoms with Crippen LogP contribution in [0.1, 0.15) is 5.56 Å². The molecular formula is C9H8N2O2. The van der Waals surface area contributed by atoms with Crippen LogP contribution >= 0.6 is 0 Å². The van der Waals surface area contributed by atoms with Crippen molar-refractivity contribution in [1.29, 1.82) is 0 Å². The number of non-ortho nitro benzene ring substituents is 1. The summed E-state index contributed by atoms with van der Waals surface area (Å²) in [4.78, 5) is 13.1. The van der Waals surface area contributed by atoms with Crippen molar-refractivity contribution in [1.82, 2.24) is 4.98 Å². The van der Waals surface area contributed by atoms with Crippen LogP contribution in [0.15, 0.2) is 24.4 Å². The molecule has 0 amide bonds. The summed E-state index contributed by atoms with van der Waals surface area (Å²) in [5, 5.41) is 11.5. The number of rotatable bonds is 1. The molecule has 0 spiro atoms. The van der Waals surface area contributed by atoms with Gasteiger partial charge in [-0.3, -0.25) is 10.1 Å². The molecule has 0 radical (unpaired) electrons. The fraction of sp³-hybridized carbons (Fsp3) is 0.111. The van der Waals surface area contributed by atoms with Crippen LogP contribution in [0.4, 0.5) is 5.69 Å². The molecule has 0 saturated carbocycles. The topological polar surface area (TPSA) is 58.9 Å². The van der Waals surface area contributed by atoms with Gasteiger partial charge in [0, 0.05) is 17.6 Å². The van der Waals surface area contributed by atoms with E-state index in [0.717, 1.165) is 10.9 Å². The first-order valence-corrected chi connectivity index (χ1v) is 3.91. The summed E-state index contributed by atoms with van der Waals surface area (Å²) in [6, 6.07) is 5.06. The predicted octanol–water partition coefficient (Wildman–Crippen LogP) is 2.38. The predicted molar refractivity (Wildman–Crippen MR) is 49.7 cm³/mol. The fourth-order valence-corrected chi connectivity index (χ4v) is 1.43. The Morgan fingerprint density at radius 3 is 2.92 bits per heavy atom. The molecule has 1 aromatic carbocycles. The van der Waals surface area contributed by atoms with Crippen LogP contribution in [-0.2, 0) is 0 Å². The standard InChI is InChI=1S/C9H8N2O2/c1-6-5-10-9-7(6)3-2-4-8(9)11(12)13/h2-5,10H,1H3. The second-order valence-electron chi connectivity index (χ2n) is 2.93. The third-order valence-electron chi connectivity index (χ3n) is 2.10. The minimum atomic E-state index is -0.377. The Labute approximate surface area is 74.3 Å². The molecule has 0 atom stereocenters. The van der Waals surface area contributed by atoms with E-state index in [1.54, 1.807) is 12.3 Å². The number of aromatic nitrogens is 1. The highest BCUT2D eigenvalue weighted by molar-refractivity contribution is 5.90. The smallest absolute Gasteiger partial charge is 0.293 e. The summed E-state index contributed by atoms with van der Waals surface area (Å²) >= 11 is 0. The molecule has 0 aliphatic carbocycles. The minimum absolute atomic E-state index is 0.130. The number of nitro groups is 1. The van der Waals surface area contributed by atoms with E-state index in [2.05, 4.69) is 4.98 Å². The Bertz CT molecular complexity index is 473. The van der Waals surface area contributed by atoms with E-state index in [-0.39, 0.29) is 10.6 Å². The second kappa shape index (κ2) is 2.58. The Hall–Kier alpha value is -1.84. The SMILES string of the molecule is Cc1c[nH]c2c([N+](=O)[O-])cccc12. The molecular weight excluding hydrogens is 168 g/mol. The molecule has 2 rings (SSSR count). The van der Waals surface area contributed by atoms with Crippen LogP contribution in [-0.4, -0.2) is 9.91 Å². The van der Waals surface area contributed by atoms with Crippen LogP contribution in [0.25, 0.3) is 10.9 Å². The summed E-state index contributed by atoms with van der Waals surface area (Å²) in [6.45, 7) is 1.92. The molecule has 0 unspecified atom stereocenters. The van der Waals surface area contributed by atoms with E-state index in [0.29, 0.717) is 5.52 Å². The van der Waals surface area contributed by atoms with Crippen LogP contribution in [0.2, 0.25) is 0 Å². The van der Waals surface area contributed by atoms with Crippen molar-refractivity contribution >= 4 is 16.6 Å². The largest absolute Gasteiger partial charge is 0.355 e. The zero-order valence-electron chi connectivity index (χ0n) is 7.07. The summed E-state index contributed by atoms with van der Waals surface area (Å²) in [5.74, 6) is 0. The Kier molecular flexibility index (Phi) is 1.55. The van der Waals surface area contributed by atoms with Crippen molar-refractivity contribution < 1.29 is 4.92 Å². The second-order valence-corrected chi connectivity index (χ2v) is 2.93. The van der Waals surface area contributed by atoms with Gasteiger partial charge in [-0.2, -0.15) is 0 Å². The highest BCUT2D eigenvalue weighted by Crippen LogP contribution is 2.25. The number of hydrogen-bond acceptors (Lipinski definition) is 2. The molecule has 66 valence electrons. The maximum absolute atomic E-state index is 10.6. The first-order chi connectivity index (χ1) is 6.20. The van der Waals surface area contributed by atoms with E-state index in [4.69, 9.17) is 0 Å². The molecule has 0 bridgehead atoms. The molecule has 4 nitrogen and oxygen atoms in total. The first kappa shape index (κ1) is 7.79. The first-order valence-electron chi connectivity index (χ1n) is 3.91. The van der Waals surface area contributed by atoms with Gasteiger partial charge in [-0.1, -0.05) is 12.1 Å². The third-order valence-corrected chi connectivity index (χ3v) is 2.10. The molecule has 1 N–H and O–H groups in total. The highest BCUT2D eigenvalue weighted by atomic mass is 16.6. The van der Waals surface area contributed by atoms with Gasteiger partial charge >= 0.3 is 0 Å². The van der Waals surface area contributed by atoms with Crippen LogP contribution in [0, 0.1) is 17.0 Å². The van der Waals surface area contributed by atoms with Gasteiger partial charge in [-0.25, -0.2) is 0 Å². The summed E-state index contributed by atoms with van der Waals surface area (Å²) in [6.07, 6.45) is 1.78. The quantitative estimate of drug-likeness (QED) is 0.535. The van der Waals surface area contributed by atoms with Crippen LogP contribution < -0.4 is 0 Å². The lowest BCUT2D eigenvalue weighted by Crippen LogP contribution is -1.88. The Morgan fingerprint density at radius 1 is 1.46 bits per heavy atom. The average molecular weight is 176 g/mol. The molecule has 1 aromatic heterocycles. The van der Waals surface area contributed by atoms with E-state index in [1.807, 2.05) is 13.0 Å². The lowest BCUT2D eigenvalue weighted by molar-refractivity contribution is -0.383. The maximum atomic E-state index is 10.6. The van der Waals surface area contributed by atoms with Crippen molar-refractivity contribution in [3.8, 4) is 0 Å². The van der Waals surface area contributed by atoms with E-state index >= 15 is 0 Å². The average Bonchev–Trinajstić information content (AvgIpc) is 2.48. The molecule has 1 heterocycles. The van der Waals surface area contributed by atoms with Gasteiger partial charge in [-0.05, 0) is 12.5 Å². The number of hydrogen-bond donors (Lipinski definition) is 1. The molecule has 0 saturated heterocycles. The van der Waals surface area contributed by atoms with Crippen LogP contribution in [0.3, 0.4) is 0 Å². The van der Waals surface area contributed by atoms with Gasteiger partial charge in [0.25, 0.3) is 5.69 Å². The summed E-state index contributed by atoms with van der Waals surface area (Å²) in [7, 11) is 0. The number of nitrogens with one attached hydrogen (secondary N) is 1. The van der Waals surface area contributed by atoms with Crippen molar-refractivity contribution in [2.75, 3.05) is 0 Å². The third kappa shape index (κ3) is 1.07. The van der Waals surface area contributed by atoms with Crippen LogP contribution in [0.5, 0.6) is 0 Å². The molecule has 0 aliphatic heterocycles. The van der Waals surface area contributed by atoms with Crippen molar-refractivity contribution in [3.05, 3.63) is 40.1 Å². The lowest BCUT2D eigenvalue weighted by atomic mass is 10.2. The number of nitro benzene ring substituents is 1. The number of nitrogens with zero attached hydrogens (tertiary/aromatic N) is 1. The van der Waals surface area contributed by atoms with Gasteiger partial charge in [0.15, 0.2) is 0 Å². The van der Waals surface area contributed by atoms with Gasteiger partial charge in [0.1, 0.15) is 5.52 Å². The zero-order valence-corrected chi connectivity index (χ0v) is 7.07. The Balaban J connectivity index is 2.84. The molecule has 0 fully saturated rings. The molecule has 13 heavy (non-hydrogen) atoms. The number of H-pyrrole nitrogens is 1. The highest BCUT2D eigenvalue weighted by Gasteiger charge is 2.12. The van der Waals surface area contributed by atoms with Crippen molar-refractivity contribution in [2.45, 2.75) is 6.92 Å². The van der Waals surface area contributed by atoms with Gasteiger partial charge in [0.05, 0.1) is 4.92 Å². The molecule has 2 aromatic rings. The van der Waals surface area contributed by atoms with E-state index in [9.17, 15) is 10.1 Å². The summed E-state index contributed by atoms with van der Waals surface area (Å²) < 4.78 is 0. The fourth-order valence-electron chi connectivity index (χ4n) is 1.43. The van der Waals surface area contributed by atoms with Gasteiger partial charge in [-0.15, -0.1) is 0 Å². The van der Waals surface area contributed by atoms with Crippen molar-refractivity contribution in [2.24, 2.45) is 0 Å². The number of aryl methyl sites for hydroxylation is 1. The van der Waals surface area contributed by atoms with E-state index < -0.39 is 0 Å². The number of fused-ring (bicyclic) bond motifs is 1. The number of benzene rings is 1. The summed E-state index contributed by atoms with van der Waals surface area (Å²) in [5.41, 5.74) is 1.76. The lowest BCUT2D eigenvalue weighted by Gasteiger charge is -1.93. The minimum Gasteiger partial charge on any atom is -0.355 e. The zero-order chi connectivity index (χ0) is 9.42. The monoisotopic (exact) mass is 176 g/mol. The maximum Gasteiger partial charge on any atom is 0.293 e. The van der Waals surface area contributed by atoms with Gasteiger partial charge in [0.2, 0.25) is 0 Å². The number of aromatic amines is 1. The van der Waals surface area contributed by atoms with Crippen molar-refractivity contribution in [3.63, 3.8) is 0 Å². The normalized spacial score (nSPS) is 10.5. The van der Waals surface area contributed by atoms with Gasteiger partial charge < -0.3 is 4.98 Å². The Morgan fingerprint density at radius 2 is 2.23 bits per heavy atom.